The van der Waals surface area contributed by atoms with Gasteiger partial charge in [0.1, 0.15) is 24.2 Å². The Morgan fingerprint density at radius 2 is 1.07 bits per heavy atom. The van der Waals surface area contributed by atoms with Crippen molar-refractivity contribution in [1.29, 1.82) is 0 Å². The third-order valence-corrected chi connectivity index (χ3v) is 48.8. The second-order valence-corrected chi connectivity index (χ2v) is 43.1. The maximum Gasteiger partial charge on any atom is 0.170 e. The molecule has 3 aromatic rings. The first kappa shape index (κ1) is 21.1. The lowest BCUT2D eigenvalue weighted by Crippen LogP contribution is -2.69. The van der Waals surface area contributed by atoms with Crippen LogP contribution in [-0.4, -0.2) is 52.3 Å². The minimum atomic E-state index is -1.87. The number of hydrogen-bond donors (Lipinski definition) is 0. The number of hydrogen-bond acceptors (Lipinski definition) is 6. The Bertz CT molecular complexity index is 1100. The number of aromatic nitrogens is 2. The van der Waals surface area contributed by atoms with Crippen molar-refractivity contribution in [1.82, 2.24) is 8.75 Å². The Hall–Kier alpha value is -0.792. The van der Waals surface area contributed by atoms with Gasteiger partial charge in [0.05, 0.1) is 42.1 Å². The van der Waals surface area contributed by atoms with Crippen molar-refractivity contribution in [3.05, 3.63) is 12.1 Å². The van der Waals surface area contributed by atoms with Gasteiger partial charge in [-0.2, -0.15) is 8.75 Å². The lowest BCUT2D eigenvalue weighted by atomic mass is 10.3. The van der Waals surface area contributed by atoms with Crippen LogP contribution in [0, 0.1) is 0 Å². The third-order valence-electron chi connectivity index (χ3n) is 8.42. The number of rotatable bonds is 0. The van der Waals surface area contributed by atoms with Crippen LogP contribution >= 0.6 is 23.1 Å². The summed E-state index contributed by atoms with van der Waals surface area (Å²) < 4.78 is 25.6. The van der Waals surface area contributed by atoms with Crippen molar-refractivity contribution >= 4 is 83.8 Å². The van der Waals surface area contributed by atoms with Crippen molar-refractivity contribution in [3.63, 3.8) is 0 Å². The minimum absolute atomic E-state index is 0.666. The average molecular weight is 507 g/mol. The molecule has 0 atom stereocenters. The molecule has 5 rings (SSSR count). The van der Waals surface area contributed by atoms with E-state index in [1.165, 1.54) is 42.1 Å². The molecule has 0 fully saturated rings. The third kappa shape index (κ3) is 2.46. The van der Waals surface area contributed by atoms with Gasteiger partial charge in [-0.3, -0.25) is 0 Å². The molecule has 160 valence electrons. The maximum absolute atomic E-state index is 6.38. The monoisotopic (exact) mass is 506 g/mol. The lowest BCUT2D eigenvalue weighted by Gasteiger charge is -2.40. The first-order valence-corrected chi connectivity index (χ1v) is 26.2. The molecule has 4 bridgehead atoms. The Labute approximate surface area is 190 Å². The molecule has 2 aromatic heterocycles. The van der Waals surface area contributed by atoms with Gasteiger partial charge in [0.25, 0.3) is 0 Å². The second-order valence-electron chi connectivity index (χ2n) is 10.7. The number of fused-ring (bicyclic) bond motifs is 11. The van der Waals surface area contributed by atoms with Gasteiger partial charge in [0.15, 0.2) is 11.5 Å². The number of thiophene rings is 1. The van der Waals surface area contributed by atoms with Gasteiger partial charge >= 0.3 is 0 Å². The quantitative estimate of drug-likeness (QED) is 0.440. The van der Waals surface area contributed by atoms with Gasteiger partial charge in [-0.05, 0) is 10.4 Å². The normalized spacial score (nSPS) is 22.7. The summed E-state index contributed by atoms with van der Waals surface area (Å²) in [6, 6.07) is 4.89. The Kier molecular flexibility index (Phi) is 4.48. The van der Waals surface area contributed by atoms with Crippen molar-refractivity contribution < 1.29 is 9.47 Å². The first-order valence-electron chi connectivity index (χ1n) is 10.6. The van der Waals surface area contributed by atoms with Gasteiger partial charge in [-0.25, -0.2) is 0 Å². The molecule has 0 amide bonds. The molecule has 2 aliphatic heterocycles. The van der Waals surface area contributed by atoms with Gasteiger partial charge in [0, 0.05) is 9.00 Å². The zero-order chi connectivity index (χ0) is 21.7. The largest absolute Gasteiger partial charge is 0.485 e. The Morgan fingerprint density at radius 3 is 1.47 bits per heavy atom. The molecular formula is C20H30N2O2S2Si4. The van der Waals surface area contributed by atoms with E-state index >= 15 is 0 Å². The van der Waals surface area contributed by atoms with Crippen molar-refractivity contribution in [3.8, 4) is 11.5 Å². The van der Waals surface area contributed by atoms with E-state index in [0.717, 1.165) is 11.5 Å². The van der Waals surface area contributed by atoms with Crippen LogP contribution in [0.3, 0.4) is 0 Å². The highest BCUT2D eigenvalue weighted by Crippen LogP contribution is 2.40. The molecule has 0 saturated carbocycles. The molecule has 0 aliphatic carbocycles. The van der Waals surface area contributed by atoms with Crippen LogP contribution in [0.1, 0.15) is 0 Å². The standard InChI is InChI=1S/C20H30N2O2S2Si4/c1-27(2)13-9-10-14(16-15(13)21-26-22-16)28(3,4)30(7,8)20-18-17(23-11-12-24-18)19(25-20)29(27,5)6/h9-10H,11-12H2,1-8H3. The van der Waals surface area contributed by atoms with Crippen molar-refractivity contribution in [2.75, 3.05) is 13.2 Å². The van der Waals surface area contributed by atoms with Crippen molar-refractivity contribution in [2.45, 2.75) is 52.4 Å². The lowest BCUT2D eigenvalue weighted by molar-refractivity contribution is 0.176. The van der Waals surface area contributed by atoms with Crippen LogP contribution in [0.2, 0.25) is 52.4 Å². The topological polar surface area (TPSA) is 44.2 Å². The summed E-state index contributed by atoms with van der Waals surface area (Å²) in [6.45, 7) is 21.7. The number of ether oxygens (including phenoxy) is 2. The molecule has 0 N–H and O–H groups in total. The predicted molar refractivity (Wildman–Crippen MR) is 141 cm³/mol. The number of nitrogens with zero attached hydrogens (tertiary/aromatic N) is 2. The molecule has 4 heterocycles. The van der Waals surface area contributed by atoms with Crippen molar-refractivity contribution in [2.24, 2.45) is 0 Å². The van der Waals surface area contributed by atoms with Gasteiger partial charge in [-0.15, -0.1) is 11.3 Å². The molecule has 4 nitrogen and oxygen atoms in total. The molecule has 30 heavy (non-hydrogen) atoms. The molecular weight excluding hydrogens is 477 g/mol. The van der Waals surface area contributed by atoms with Gasteiger partial charge in [0.2, 0.25) is 0 Å². The summed E-state index contributed by atoms with van der Waals surface area (Å²) in [5.41, 5.74) is 2.40. The second kappa shape index (κ2) is 6.38. The summed E-state index contributed by atoms with van der Waals surface area (Å²) in [4.78, 5) is 0. The van der Waals surface area contributed by atoms with Crippen LogP contribution < -0.4 is 28.8 Å². The number of benzene rings is 1. The fraction of sp³-hybridized carbons (Fsp3) is 0.500. The highest BCUT2D eigenvalue weighted by Gasteiger charge is 2.54. The molecule has 2 aliphatic rings. The van der Waals surface area contributed by atoms with E-state index in [2.05, 4.69) is 75.8 Å². The van der Waals surface area contributed by atoms with Gasteiger partial charge < -0.3 is 9.47 Å². The van der Waals surface area contributed by atoms with Gasteiger partial charge in [-0.1, -0.05) is 64.5 Å². The van der Waals surface area contributed by atoms with Crippen LogP contribution in [0.4, 0.5) is 0 Å². The molecule has 0 saturated heterocycles. The summed E-state index contributed by atoms with van der Waals surface area (Å²) in [5, 5.41) is 2.97. The average Bonchev–Trinajstić information content (AvgIpc) is 3.31. The molecule has 0 unspecified atom stereocenters. The van der Waals surface area contributed by atoms with E-state index in [1.807, 2.05) is 0 Å². The summed E-state index contributed by atoms with van der Waals surface area (Å²) in [5.74, 6) is 2.21. The zero-order valence-electron chi connectivity index (χ0n) is 19.1. The summed E-state index contributed by atoms with van der Waals surface area (Å²) in [6.07, 6.45) is 0. The SMILES string of the molecule is C[Si]1(C)c2sc(c3c2OCCO3)[Si](C)(C)[Si](C)(C)c2ccc(c3nsnc23)[Si]1(C)C. The van der Waals surface area contributed by atoms with Crippen LogP contribution in [0.5, 0.6) is 11.5 Å². The molecule has 0 radical (unpaired) electrons. The maximum atomic E-state index is 6.38. The Morgan fingerprint density at radius 1 is 0.667 bits per heavy atom. The Balaban J connectivity index is 1.97. The van der Waals surface area contributed by atoms with Crippen LogP contribution in [0.15, 0.2) is 12.1 Å². The van der Waals surface area contributed by atoms with E-state index in [-0.39, 0.29) is 0 Å². The molecule has 0 spiro atoms. The predicted octanol–water partition coefficient (Wildman–Crippen LogP) is 3.06. The molecule has 1 aromatic carbocycles. The van der Waals surface area contributed by atoms with E-state index in [9.17, 15) is 0 Å². The van der Waals surface area contributed by atoms with E-state index in [0.29, 0.717) is 13.2 Å². The summed E-state index contributed by atoms with van der Waals surface area (Å²) in [7, 11) is -7.47. The van der Waals surface area contributed by atoms with Crippen LogP contribution in [-0.2, 0) is 0 Å². The van der Waals surface area contributed by atoms with E-state index < -0.39 is 30.4 Å². The van der Waals surface area contributed by atoms with Crippen LogP contribution in [0.25, 0.3) is 11.0 Å². The highest BCUT2D eigenvalue weighted by molar-refractivity contribution is 7.61. The zero-order valence-corrected chi connectivity index (χ0v) is 24.7. The first-order chi connectivity index (χ1) is 13.9. The fourth-order valence-electron chi connectivity index (χ4n) is 4.89. The highest BCUT2D eigenvalue weighted by atomic mass is 32.1. The molecule has 10 heteroatoms. The summed E-state index contributed by atoms with van der Waals surface area (Å²) >= 11 is 3.46. The fourth-order valence-corrected chi connectivity index (χ4v) is 30.6. The minimum Gasteiger partial charge on any atom is -0.485 e. The smallest absolute Gasteiger partial charge is 0.170 e. The van der Waals surface area contributed by atoms with E-state index in [4.69, 9.17) is 18.2 Å². The van der Waals surface area contributed by atoms with E-state index in [1.54, 1.807) is 0 Å².